The van der Waals surface area contributed by atoms with Gasteiger partial charge in [-0.1, -0.05) is 6.07 Å². The van der Waals surface area contributed by atoms with Gasteiger partial charge in [-0.05, 0) is 42.3 Å². The summed E-state index contributed by atoms with van der Waals surface area (Å²) in [7, 11) is 0. The first kappa shape index (κ1) is 22.4. The van der Waals surface area contributed by atoms with Crippen LogP contribution in [0.15, 0.2) is 48.5 Å². The maximum Gasteiger partial charge on any atom is 0.251 e. The highest BCUT2D eigenvalue weighted by Crippen LogP contribution is 2.38. The van der Waals surface area contributed by atoms with Crippen molar-refractivity contribution in [1.29, 1.82) is 0 Å². The van der Waals surface area contributed by atoms with Crippen LogP contribution in [0.1, 0.15) is 39.9 Å². The number of fused-ring (bicyclic) bond motifs is 1. The van der Waals surface area contributed by atoms with Crippen molar-refractivity contribution in [2.75, 3.05) is 4.90 Å². The molecular formula is C24H17F5N2O2. The van der Waals surface area contributed by atoms with Gasteiger partial charge in [0.15, 0.2) is 0 Å². The summed E-state index contributed by atoms with van der Waals surface area (Å²) < 4.78 is 67.8. The molecule has 0 fully saturated rings. The van der Waals surface area contributed by atoms with Crippen LogP contribution in [-0.2, 0) is 17.9 Å². The molecule has 1 heterocycles. The number of carbonyl (C=O) groups is 2. The minimum absolute atomic E-state index is 0.106. The van der Waals surface area contributed by atoms with E-state index in [-0.39, 0.29) is 23.6 Å². The minimum atomic E-state index is -1.13. The van der Waals surface area contributed by atoms with Crippen molar-refractivity contribution >= 4 is 17.5 Å². The van der Waals surface area contributed by atoms with Gasteiger partial charge in [0, 0.05) is 41.6 Å². The zero-order valence-corrected chi connectivity index (χ0v) is 17.3. The first-order chi connectivity index (χ1) is 15.6. The minimum Gasteiger partial charge on any atom is -0.348 e. The Morgan fingerprint density at radius 3 is 2.15 bits per heavy atom. The Kier molecular flexibility index (Phi) is 5.88. The first-order valence-corrected chi connectivity index (χ1v) is 9.96. The van der Waals surface area contributed by atoms with Crippen molar-refractivity contribution in [3.63, 3.8) is 0 Å². The van der Waals surface area contributed by atoms with Gasteiger partial charge in [0.05, 0.1) is 12.5 Å². The third-order valence-corrected chi connectivity index (χ3v) is 5.48. The number of anilines is 1. The topological polar surface area (TPSA) is 49.4 Å². The zero-order chi connectivity index (χ0) is 23.9. The van der Waals surface area contributed by atoms with Crippen molar-refractivity contribution in [2.45, 2.75) is 25.9 Å². The normalized spacial score (nSPS) is 15.0. The standard InChI is InChI=1S/C24H17F5N2O2/c1-12-18-3-2-14(23(32)30-10-19-20(28)8-17(27)9-21(19)29)6-22(18)31(24(12)33)11-13-4-15(25)7-16(26)5-13/h2-9,12H,10-11H2,1H3,(H,30,32). The second kappa shape index (κ2) is 8.65. The molecule has 33 heavy (non-hydrogen) atoms. The fraction of sp³-hybridized carbons (Fsp3) is 0.167. The lowest BCUT2D eigenvalue weighted by molar-refractivity contribution is -0.119. The molecule has 0 radical (unpaired) electrons. The molecule has 1 aliphatic rings. The molecule has 0 saturated heterocycles. The van der Waals surface area contributed by atoms with Crippen LogP contribution in [0.5, 0.6) is 0 Å². The molecule has 1 aliphatic heterocycles. The van der Waals surface area contributed by atoms with E-state index in [4.69, 9.17) is 0 Å². The smallest absolute Gasteiger partial charge is 0.251 e. The Labute approximate surface area is 185 Å². The highest BCUT2D eigenvalue weighted by molar-refractivity contribution is 6.06. The van der Waals surface area contributed by atoms with Crippen LogP contribution >= 0.6 is 0 Å². The maximum atomic E-state index is 13.8. The van der Waals surface area contributed by atoms with E-state index in [2.05, 4.69) is 5.32 Å². The number of rotatable bonds is 5. The Balaban J connectivity index is 1.58. The molecule has 170 valence electrons. The molecule has 1 atom stereocenters. The summed E-state index contributed by atoms with van der Waals surface area (Å²) in [6, 6.07) is 8.45. The highest BCUT2D eigenvalue weighted by atomic mass is 19.2. The second-order valence-electron chi connectivity index (χ2n) is 7.73. The van der Waals surface area contributed by atoms with Gasteiger partial charge in [-0.3, -0.25) is 9.59 Å². The van der Waals surface area contributed by atoms with Crippen molar-refractivity contribution in [3.8, 4) is 0 Å². The third-order valence-electron chi connectivity index (χ3n) is 5.48. The van der Waals surface area contributed by atoms with Gasteiger partial charge in [0.1, 0.15) is 29.1 Å². The molecule has 4 nitrogen and oxygen atoms in total. The van der Waals surface area contributed by atoms with Gasteiger partial charge in [-0.15, -0.1) is 0 Å². The number of hydrogen-bond donors (Lipinski definition) is 1. The van der Waals surface area contributed by atoms with Crippen molar-refractivity contribution < 1.29 is 31.5 Å². The number of nitrogens with zero attached hydrogens (tertiary/aromatic N) is 1. The number of hydrogen-bond acceptors (Lipinski definition) is 2. The Morgan fingerprint density at radius 2 is 1.52 bits per heavy atom. The average molecular weight is 460 g/mol. The van der Waals surface area contributed by atoms with E-state index >= 15 is 0 Å². The lowest BCUT2D eigenvalue weighted by Gasteiger charge is -2.19. The molecule has 0 bridgehead atoms. The number of carbonyl (C=O) groups excluding carboxylic acids is 2. The van der Waals surface area contributed by atoms with Crippen molar-refractivity contribution in [3.05, 3.63) is 99.9 Å². The molecule has 0 aromatic heterocycles. The summed E-state index contributed by atoms with van der Waals surface area (Å²) in [5.74, 6) is -6.40. The summed E-state index contributed by atoms with van der Waals surface area (Å²) >= 11 is 0. The van der Waals surface area contributed by atoms with Gasteiger partial charge >= 0.3 is 0 Å². The van der Waals surface area contributed by atoms with Crippen LogP contribution in [0.3, 0.4) is 0 Å². The number of halogens is 5. The van der Waals surface area contributed by atoms with Crippen LogP contribution in [0.4, 0.5) is 27.6 Å². The fourth-order valence-corrected chi connectivity index (χ4v) is 3.83. The number of amides is 2. The van der Waals surface area contributed by atoms with E-state index in [1.165, 1.54) is 17.0 Å². The van der Waals surface area contributed by atoms with E-state index in [1.807, 2.05) is 0 Å². The number of benzene rings is 3. The summed E-state index contributed by atoms with van der Waals surface area (Å²) in [4.78, 5) is 26.7. The van der Waals surface area contributed by atoms with Crippen LogP contribution in [0.25, 0.3) is 0 Å². The molecule has 1 N–H and O–H groups in total. The molecule has 9 heteroatoms. The van der Waals surface area contributed by atoms with Gasteiger partial charge < -0.3 is 10.2 Å². The van der Waals surface area contributed by atoms with Crippen molar-refractivity contribution in [2.24, 2.45) is 0 Å². The molecule has 2 amide bonds. The SMILES string of the molecule is CC1C(=O)N(Cc2cc(F)cc(F)c2)c2cc(C(=O)NCc3c(F)cc(F)cc3F)ccc21. The average Bonchev–Trinajstić information content (AvgIpc) is 2.96. The summed E-state index contributed by atoms with van der Waals surface area (Å²) in [6.07, 6.45) is 0. The summed E-state index contributed by atoms with van der Waals surface area (Å²) in [6.45, 7) is 1.05. The Hall–Kier alpha value is -3.75. The molecule has 3 aromatic carbocycles. The number of nitrogens with one attached hydrogen (secondary N) is 1. The predicted molar refractivity (Wildman–Crippen MR) is 110 cm³/mol. The van der Waals surface area contributed by atoms with Crippen LogP contribution in [0, 0.1) is 29.1 Å². The molecule has 0 aliphatic carbocycles. The van der Waals surface area contributed by atoms with Crippen LogP contribution in [-0.4, -0.2) is 11.8 Å². The Morgan fingerprint density at radius 1 is 0.909 bits per heavy atom. The van der Waals surface area contributed by atoms with Gasteiger partial charge in [-0.25, -0.2) is 22.0 Å². The van der Waals surface area contributed by atoms with Crippen LogP contribution < -0.4 is 10.2 Å². The molecule has 1 unspecified atom stereocenters. The largest absolute Gasteiger partial charge is 0.348 e. The quantitative estimate of drug-likeness (QED) is 0.547. The van der Waals surface area contributed by atoms with E-state index in [9.17, 15) is 31.5 Å². The molecule has 3 aromatic rings. The van der Waals surface area contributed by atoms with E-state index < -0.39 is 53.0 Å². The Bertz CT molecular complexity index is 1230. The molecular weight excluding hydrogens is 443 g/mol. The lowest BCUT2D eigenvalue weighted by Crippen LogP contribution is -2.28. The van der Waals surface area contributed by atoms with E-state index in [0.717, 1.165) is 18.2 Å². The first-order valence-electron chi connectivity index (χ1n) is 9.96. The molecule has 4 rings (SSSR count). The predicted octanol–water partition coefficient (Wildman–Crippen LogP) is 4.96. The third kappa shape index (κ3) is 4.44. The summed E-state index contributed by atoms with van der Waals surface area (Å²) in [5, 5.41) is 2.37. The van der Waals surface area contributed by atoms with Gasteiger partial charge in [0.25, 0.3) is 5.91 Å². The van der Waals surface area contributed by atoms with Gasteiger partial charge in [-0.2, -0.15) is 0 Å². The maximum absolute atomic E-state index is 13.8. The lowest BCUT2D eigenvalue weighted by atomic mass is 10.0. The fourth-order valence-electron chi connectivity index (χ4n) is 3.83. The van der Waals surface area contributed by atoms with Crippen LogP contribution in [0.2, 0.25) is 0 Å². The van der Waals surface area contributed by atoms with Crippen molar-refractivity contribution in [1.82, 2.24) is 5.32 Å². The monoisotopic (exact) mass is 460 g/mol. The second-order valence-corrected chi connectivity index (χ2v) is 7.73. The zero-order valence-electron chi connectivity index (χ0n) is 17.3. The molecule has 0 saturated carbocycles. The van der Waals surface area contributed by atoms with Gasteiger partial charge in [0.2, 0.25) is 5.91 Å². The highest BCUT2D eigenvalue weighted by Gasteiger charge is 2.34. The molecule has 0 spiro atoms. The summed E-state index contributed by atoms with van der Waals surface area (Å²) in [5.41, 5.74) is 0.865. The van der Waals surface area contributed by atoms with E-state index in [0.29, 0.717) is 23.4 Å². The van der Waals surface area contributed by atoms with E-state index in [1.54, 1.807) is 13.0 Å².